The molecule has 2 aliphatic rings. The van der Waals surface area contributed by atoms with Crippen LogP contribution in [0.1, 0.15) is 51.0 Å². The molecule has 1 atom stereocenters. The molecule has 0 radical (unpaired) electrons. The van der Waals surface area contributed by atoms with Crippen LogP contribution in [0.3, 0.4) is 0 Å². The maximum atomic E-state index is 12.1. The van der Waals surface area contributed by atoms with Gasteiger partial charge in [0, 0.05) is 18.0 Å². The van der Waals surface area contributed by atoms with Crippen LogP contribution < -0.4 is 26.6 Å². The van der Waals surface area contributed by atoms with E-state index in [1.165, 1.54) is 12.8 Å². The van der Waals surface area contributed by atoms with Crippen LogP contribution in [0.2, 0.25) is 0 Å². The Morgan fingerprint density at radius 1 is 1.43 bits per heavy atom. The van der Waals surface area contributed by atoms with E-state index < -0.39 is 0 Å². The second kappa shape index (κ2) is 7.66. The van der Waals surface area contributed by atoms with Crippen molar-refractivity contribution >= 4 is 18.2 Å². The highest BCUT2D eigenvalue weighted by atomic mass is 16.5. The molecule has 7 nitrogen and oxygen atoms in total. The van der Waals surface area contributed by atoms with E-state index in [1.54, 1.807) is 4.57 Å². The molecular formula is C21H26N4O3. The van der Waals surface area contributed by atoms with E-state index in [4.69, 9.17) is 4.74 Å². The molecule has 0 bridgehead atoms. The molecule has 28 heavy (non-hydrogen) atoms. The van der Waals surface area contributed by atoms with E-state index >= 15 is 0 Å². The van der Waals surface area contributed by atoms with Gasteiger partial charge in [0.25, 0.3) is 5.56 Å². The number of imidazole rings is 1. The first kappa shape index (κ1) is 18.5. The van der Waals surface area contributed by atoms with Gasteiger partial charge in [-0.15, -0.1) is 0 Å². The third-order valence-electron chi connectivity index (χ3n) is 5.51. The third-order valence-corrected chi connectivity index (χ3v) is 5.51. The van der Waals surface area contributed by atoms with Gasteiger partial charge in [0.2, 0.25) is 11.5 Å². The number of hydrogen-bond donors (Lipinski definition) is 2. The summed E-state index contributed by atoms with van der Waals surface area (Å²) in [5, 5.41) is 3.51. The Morgan fingerprint density at radius 3 is 3.00 bits per heavy atom. The van der Waals surface area contributed by atoms with Gasteiger partial charge in [-0.2, -0.15) is 0 Å². The van der Waals surface area contributed by atoms with Crippen LogP contribution in [-0.4, -0.2) is 27.6 Å². The van der Waals surface area contributed by atoms with E-state index in [0.29, 0.717) is 36.4 Å². The van der Waals surface area contributed by atoms with Gasteiger partial charge in [0.15, 0.2) is 0 Å². The highest BCUT2D eigenvalue weighted by Gasteiger charge is 2.18. The Morgan fingerprint density at radius 2 is 2.21 bits per heavy atom. The Bertz CT molecular complexity index is 1050. The number of H-pyrrole nitrogens is 1. The maximum Gasteiger partial charge on any atom is 0.274 e. The molecule has 7 heteroatoms. The molecule has 2 N–H and O–H groups in total. The zero-order valence-electron chi connectivity index (χ0n) is 16.2. The minimum Gasteiger partial charge on any atom is -0.491 e. The Labute approximate surface area is 163 Å². The molecular weight excluding hydrogens is 356 g/mol. The lowest BCUT2D eigenvalue weighted by Gasteiger charge is -2.18. The van der Waals surface area contributed by atoms with Gasteiger partial charge < -0.3 is 14.6 Å². The Kier molecular flexibility index (Phi) is 5.07. The highest BCUT2D eigenvalue weighted by Crippen LogP contribution is 2.27. The topological polar surface area (TPSA) is 88.5 Å². The van der Waals surface area contributed by atoms with Crippen LogP contribution in [0.4, 0.5) is 5.69 Å². The molecule has 1 fully saturated rings. The first-order chi connectivity index (χ1) is 13.5. The lowest BCUT2D eigenvalue weighted by Crippen LogP contribution is -2.33. The average molecular weight is 382 g/mol. The van der Waals surface area contributed by atoms with Gasteiger partial charge in [-0.05, 0) is 44.4 Å². The van der Waals surface area contributed by atoms with E-state index in [9.17, 15) is 9.59 Å². The number of nitrogens with zero attached hydrogens (tertiary/aromatic N) is 2. The highest BCUT2D eigenvalue weighted by molar-refractivity contribution is 5.76. The largest absolute Gasteiger partial charge is 0.491 e. The number of fused-ring (bicyclic) bond motifs is 2. The van der Waals surface area contributed by atoms with Crippen LogP contribution in [0.25, 0.3) is 6.58 Å². The van der Waals surface area contributed by atoms with Crippen molar-refractivity contribution in [3.05, 3.63) is 45.1 Å². The summed E-state index contributed by atoms with van der Waals surface area (Å²) in [6.07, 6.45) is 5.69. The maximum absolute atomic E-state index is 12.1. The number of benzene rings is 1. The standard InChI is InChI=1S/C21H26N4O3/c1-13(7-10-19(26)22-16-5-3-4-6-16)28-17-8-9-18-15(11-17)12-25-14(2)20(27)24-21(25)23-18/h8-9,11,13,16H,2-7,10,12H2,1H3,(H,22,26)(H,23,24,27). The quantitative estimate of drug-likeness (QED) is 0.677. The fourth-order valence-corrected chi connectivity index (χ4v) is 3.90. The molecule has 1 aromatic carbocycles. The minimum absolute atomic E-state index is 0.0694. The molecule has 1 amide bonds. The fourth-order valence-electron chi connectivity index (χ4n) is 3.90. The summed E-state index contributed by atoms with van der Waals surface area (Å²) in [5.41, 5.74) is 2.10. The summed E-state index contributed by atoms with van der Waals surface area (Å²) in [6.45, 7) is 6.31. The monoisotopic (exact) mass is 382 g/mol. The predicted octanol–water partition coefficient (Wildman–Crippen LogP) is 1.51. The number of aromatic amines is 1. The van der Waals surface area contributed by atoms with Crippen LogP contribution in [0, 0.1) is 0 Å². The minimum atomic E-state index is -0.215. The van der Waals surface area contributed by atoms with Crippen molar-refractivity contribution in [3.8, 4) is 5.75 Å². The van der Waals surface area contributed by atoms with Crippen molar-refractivity contribution in [1.29, 1.82) is 0 Å². The lowest BCUT2D eigenvalue weighted by atomic mass is 10.1. The molecule has 0 spiro atoms. The molecule has 4 rings (SSSR count). The predicted molar refractivity (Wildman–Crippen MR) is 106 cm³/mol. The number of amides is 1. The van der Waals surface area contributed by atoms with Crippen LogP contribution in [-0.2, 0) is 11.3 Å². The number of ether oxygens (including phenoxy) is 1. The molecule has 148 valence electrons. The van der Waals surface area contributed by atoms with Gasteiger partial charge in [-0.1, -0.05) is 19.4 Å². The number of rotatable bonds is 6. The number of aromatic nitrogens is 2. The molecule has 2 heterocycles. The van der Waals surface area contributed by atoms with Gasteiger partial charge in [0.1, 0.15) is 11.1 Å². The van der Waals surface area contributed by atoms with Crippen molar-refractivity contribution in [2.45, 2.75) is 64.1 Å². The van der Waals surface area contributed by atoms with Crippen LogP contribution in [0.15, 0.2) is 28.0 Å². The van der Waals surface area contributed by atoms with Crippen LogP contribution >= 0.6 is 0 Å². The number of nitrogens with one attached hydrogen (secondary N) is 2. The second-order valence-electron chi connectivity index (χ2n) is 7.73. The summed E-state index contributed by atoms with van der Waals surface area (Å²) in [7, 11) is 0. The Balaban J connectivity index is 1.36. The zero-order valence-corrected chi connectivity index (χ0v) is 16.2. The normalized spacial score (nSPS) is 16.8. The summed E-state index contributed by atoms with van der Waals surface area (Å²) in [5.74, 6) is 0.851. The third kappa shape index (κ3) is 3.88. The van der Waals surface area contributed by atoms with Gasteiger partial charge >= 0.3 is 0 Å². The smallest absolute Gasteiger partial charge is 0.274 e. The molecule has 1 saturated carbocycles. The first-order valence-electron chi connectivity index (χ1n) is 9.95. The van der Waals surface area contributed by atoms with E-state index in [1.807, 2.05) is 25.1 Å². The van der Waals surface area contributed by atoms with Crippen molar-refractivity contribution in [2.75, 3.05) is 0 Å². The average Bonchev–Trinajstić information content (AvgIpc) is 3.27. The molecule has 2 aromatic rings. The molecule has 1 aromatic heterocycles. The molecule has 1 aliphatic carbocycles. The van der Waals surface area contributed by atoms with E-state index in [2.05, 4.69) is 21.9 Å². The molecule has 0 saturated heterocycles. The molecule has 1 unspecified atom stereocenters. The number of hydrogen-bond acceptors (Lipinski definition) is 4. The Hall–Kier alpha value is -2.83. The lowest BCUT2D eigenvalue weighted by molar-refractivity contribution is -0.122. The zero-order chi connectivity index (χ0) is 19.7. The van der Waals surface area contributed by atoms with Gasteiger partial charge in [-0.25, -0.2) is 4.99 Å². The molecule has 1 aliphatic heterocycles. The van der Waals surface area contributed by atoms with E-state index in [-0.39, 0.29) is 17.6 Å². The summed E-state index contributed by atoms with van der Waals surface area (Å²) >= 11 is 0. The van der Waals surface area contributed by atoms with Gasteiger partial charge in [-0.3, -0.25) is 14.6 Å². The number of carbonyl (C=O) groups is 1. The van der Waals surface area contributed by atoms with Crippen molar-refractivity contribution in [2.24, 2.45) is 4.99 Å². The van der Waals surface area contributed by atoms with Crippen LogP contribution in [0.5, 0.6) is 5.75 Å². The fraction of sp³-hybridized carbons (Fsp3) is 0.476. The summed E-state index contributed by atoms with van der Waals surface area (Å²) in [4.78, 5) is 31.0. The van der Waals surface area contributed by atoms with Gasteiger partial charge in [0.05, 0.1) is 18.3 Å². The second-order valence-corrected chi connectivity index (χ2v) is 7.73. The first-order valence-corrected chi connectivity index (χ1v) is 9.95. The summed E-state index contributed by atoms with van der Waals surface area (Å²) in [6, 6.07) is 6.07. The van der Waals surface area contributed by atoms with Crippen molar-refractivity contribution in [1.82, 2.24) is 14.9 Å². The van der Waals surface area contributed by atoms with Crippen molar-refractivity contribution in [3.63, 3.8) is 0 Å². The van der Waals surface area contributed by atoms with Crippen molar-refractivity contribution < 1.29 is 9.53 Å². The van der Waals surface area contributed by atoms with E-state index in [0.717, 1.165) is 29.8 Å². The number of carbonyl (C=O) groups excluding carboxylic acids is 1. The summed E-state index contributed by atoms with van der Waals surface area (Å²) < 4.78 is 7.78. The SMILES string of the molecule is C=c1c(=O)[nH]c2n1Cc1cc(OC(C)CCC(=O)NC3CCCC3)ccc1N=2.